The van der Waals surface area contributed by atoms with E-state index < -0.39 is 12.1 Å². The highest BCUT2D eigenvalue weighted by molar-refractivity contribution is 6.30. The second-order valence-corrected chi connectivity index (χ2v) is 6.09. The molecule has 2 rings (SSSR count). The Bertz CT molecular complexity index is 774. The molecule has 0 unspecified atom stereocenters. The summed E-state index contributed by atoms with van der Waals surface area (Å²) in [6.45, 7) is 5.67. The molecule has 26 heavy (non-hydrogen) atoms. The van der Waals surface area contributed by atoms with Crippen LogP contribution in [0.3, 0.4) is 0 Å². The molecule has 5 nitrogen and oxygen atoms in total. The standard InChI is InChI=1S/C20H22ClNO4/c1-4-18(26-15-11-9-14(21)10-12-15)19(23)22-17-8-6-7-16(13(17)3)20(24)25-5-2/h6-12,18H,4-5H2,1-3H3,(H,22,23)/t18-/m1/s1. The van der Waals surface area contributed by atoms with Crippen molar-refractivity contribution in [3.8, 4) is 5.75 Å². The van der Waals surface area contributed by atoms with Crippen LogP contribution in [-0.4, -0.2) is 24.6 Å². The van der Waals surface area contributed by atoms with Crippen molar-refractivity contribution in [2.24, 2.45) is 0 Å². The van der Waals surface area contributed by atoms with Crippen molar-refractivity contribution in [1.29, 1.82) is 0 Å². The molecule has 1 atom stereocenters. The third kappa shape index (κ3) is 4.99. The Kier molecular flexibility index (Phi) is 7.04. The Labute approximate surface area is 158 Å². The van der Waals surface area contributed by atoms with Crippen molar-refractivity contribution >= 4 is 29.2 Å². The fourth-order valence-corrected chi connectivity index (χ4v) is 2.54. The Morgan fingerprint density at radius 3 is 2.42 bits per heavy atom. The van der Waals surface area contributed by atoms with Gasteiger partial charge in [-0.25, -0.2) is 4.79 Å². The lowest BCUT2D eigenvalue weighted by atomic mass is 10.1. The number of amides is 1. The maximum Gasteiger partial charge on any atom is 0.338 e. The van der Waals surface area contributed by atoms with Crippen molar-refractivity contribution < 1.29 is 19.1 Å². The summed E-state index contributed by atoms with van der Waals surface area (Å²) in [7, 11) is 0. The summed E-state index contributed by atoms with van der Waals surface area (Å²) in [5.74, 6) is -0.134. The van der Waals surface area contributed by atoms with Crippen LogP contribution in [0.4, 0.5) is 5.69 Å². The van der Waals surface area contributed by atoms with Crippen molar-refractivity contribution in [2.45, 2.75) is 33.3 Å². The minimum atomic E-state index is -0.665. The van der Waals surface area contributed by atoms with Gasteiger partial charge in [-0.05, 0) is 62.2 Å². The molecule has 0 aliphatic carbocycles. The molecule has 0 radical (unpaired) electrons. The molecule has 0 heterocycles. The highest BCUT2D eigenvalue weighted by Gasteiger charge is 2.20. The number of rotatable bonds is 7. The zero-order valence-electron chi connectivity index (χ0n) is 15.0. The summed E-state index contributed by atoms with van der Waals surface area (Å²) in [6, 6.07) is 11.9. The van der Waals surface area contributed by atoms with E-state index in [2.05, 4.69) is 5.32 Å². The van der Waals surface area contributed by atoms with E-state index in [1.54, 1.807) is 56.3 Å². The monoisotopic (exact) mass is 375 g/mol. The van der Waals surface area contributed by atoms with E-state index in [0.717, 1.165) is 0 Å². The van der Waals surface area contributed by atoms with E-state index in [-0.39, 0.29) is 5.91 Å². The van der Waals surface area contributed by atoms with Gasteiger partial charge in [0.25, 0.3) is 5.91 Å². The highest BCUT2D eigenvalue weighted by Crippen LogP contribution is 2.22. The van der Waals surface area contributed by atoms with Crippen LogP contribution in [0.2, 0.25) is 5.02 Å². The van der Waals surface area contributed by atoms with Gasteiger partial charge in [0.05, 0.1) is 12.2 Å². The zero-order chi connectivity index (χ0) is 19.1. The van der Waals surface area contributed by atoms with Gasteiger partial charge in [-0.1, -0.05) is 24.6 Å². The van der Waals surface area contributed by atoms with Crippen LogP contribution in [0.15, 0.2) is 42.5 Å². The SMILES string of the molecule is CCOC(=O)c1cccc(NC(=O)[C@@H](CC)Oc2ccc(Cl)cc2)c1C. The number of carbonyl (C=O) groups is 2. The minimum absolute atomic E-state index is 0.286. The van der Waals surface area contributed by atoms with E-state index in [0.29, 0.717) is 40.6 Å². The molecule has 6 heteroatoms. The minimum Gasteiger partial charge on any atom is -0.481 e. The predicted octanol–water partition coefficient (Wildman–Crippen LogP) is 4.62. The third-order valence-electron chi connectivity index (χ3n) is 3.84. The third-order valence-corrected chi connectivity index (χ3v) is 4.09. The molecule has 0 saturated heterocycles. The normalized spacial score (nSPS) is 11.5. The van der Waals surface area contributed by atoms with Gasteiger partial charge < -0.3 is 14.8 Å². The molecule has 0 aliphatic heterocycles. The Hall–Kier alpha value is -2.53. The van der Waals surface area contributed by atoms with Gasteiger partial charge in [-0.3, -0.25) is 4.79 Å². The van der Waals surface area contributed by atoms with E-state index in [1.165, 1.54) is 0 Å². The van der Waals surface area contributed by atoms with Gasteiger partial charge >= 0.3 is 5.97 Å². The molecule has 0 bridgehead atoms. The van der Waals surface area contributed by atoms with Crippen LogP contribution >= 0.6 is 11.6 Å². The highest BCUT2D eigenvalue weighted by atomic mass is 35.5. The first kappa shape index (κ1) is 19.8. The number of nitrogens with one attached hydrogen (secondary N) is 1. The van der Waals surface area contributed by atoms with Gasteiger partial charge in [-0.15, -0.1) is 0 Å². The number of esters is 1. The van der Waals surface area contributed by atoms with Crippen LogP contribution in [0.25, 0.3) is 0 Å². The van der Waals surface area contributed by atoms with Crippen LogP contribution in [0.1, 0.15) is 36.2 Å². The quantitative estimate of drug-likeness (QED) is 0.717. The molecule has 0 saturated carbocycles. The number of carbonyl (C=O) groups excluding carboxylic acids is 2. The second kappa shape index (κ2) is 9.25. The van der Waals surface area contributed by atoms with Gasteiger partial charge in [0.15, 0.2) is 6.10 Å². The average molecular weight is 376 g/mol. The fraction of sp³-hybridized carbons (Fsp3) is 0.300. The van der Waals surface area contributed by atoms with Gasteiger partial charge in [0.1, 0.15) is 5.75 Å². The first-order valence-electron chi connectivity index (χ1n) is 8.46. The fourth-order valence-electron chi connectivity index (χ4n) is 2.41. The average Bonchev–Trinajstić information content (AvgIpc) is 2.63. The molecule has 1 N–H and O–H groups in total. The number of hydrogen-bond acceptors (Lipinski definition) is 4. The van der Waals surface area contributed by atoms with Crippen molar-refractivity contribution in [3.63, 3.8) is 0 Å². The van der Waals surface area contributed by atoms with E-state index in [1.807, 2.05) is 6.92 Å². The Morgan fingerprint density at radius 1 is 1.12 bits per heavy atom. The van der Waals surface area contributed by atoms with E-state index in [9.17, 15) is 9.59 Å². The number of ether oxygens (including phenoxy) is 2. The first-order chi connectivity index (χ1) is 12.5. The van der Waals surface area contributed by atoms with E-state index in [4.69, 9.17) is 21.1 Å². The molecule has 2 aromatic carbocycles. The molecular formula is C20H22ClNO4. The summed E-state index contributed by atoms with van der Waals surface area (Å²) in [4.78, 5) is 24.6. The molecule has 1 amide bonds. The zero-order valence-corrected chi connectivity index (χ0v) is 15.8. The molecule has 0 fully saturated rings. The molecular weight excluding hydrogens is 354 g/mol. The van der Waals surface area contributed by atoms with Crippen molar-refractivity contribution in [2.75, 3.05) is 11.9 Å². The van der Waals surface area contributed by atoms with Gasteiger partial charge in [0.2, 0.25) is 0 Å². The lowest BCUT2D eigenvalue weighted by molar-refractivity contribution is -0.122. The number of hydrogen-bond donors (Lipinski definition) is 1. The van der Waals surface area contributed by atoms with Crippen LogP contribution in [0.5, 0.6) is 5.75 Å². The Balaban J connectivity index is 2.13. The van der Waals surface area contributed by atoms with E-state index >= 15 is 0 Å². The predicted molar refractivity (Wildman–Crippen MR) is 102 cm³/mol. The largest absolute Gasteiger partial charge is 0.481 e. The molecule has 0 aromatic heterocycles. The van der Waals surface area contributed by atoms with Crippen molar-refractivity contribution in [1.82, 2.24) is 0 Å². The summed E-state index contributed by atoms with van der Waals surface area (Å²) >= 11 is 5.86. The van der Waals surface area contributed by atoms with Crippen molar-refractivity contribution in [3.05, 3.63) is 58.6 Å². The molecule has 138 valence electrons. The number of benzene rings is 2. The summed E-state index contributed by atoms with van der Waals surface area (Å²) < 4.78 is 10.8. The lowest BCUT2D eigenvalue weighted by Gasteiger charge is -2.18. The van der Waals surface area contributed by atoms with Crippen LogP contribution in [0, 0.1) is 6.92 Å². The Morgan fingerprint density at radius 2 is 1.81 bits per heavy atom. The lowest BCUT2D eigenvalue weighted by Crippen LogP contribution is -2.32. The maximum atomic E-state index is 12.6. The molecule has 2 aromatic rings. The van der Waals surface area contributed by atoms with Crippen LogP contribution in [-0.2, 0) is 9.53 Å². The van der Waals surface area contributed by atoms with Gasteiger partial charge in [-0.2, -0.15) is 0 Å². The summed E-state index contributed by atoms with van der Waals surface area (Å²) in [6.07, 6.45) is -0.174. The summed E-state index contributed by atoms with van der Waals surface area (Å²) in [5.41, 5.74) is 1.63. The maximum absolute atomic E-state index is 12.6. The molecule has 0 spiro atoms. The number of anilines is 1. The van der Waals surface area contributed by atoms with Crippen LogP contribution < -0.4 is 10.1 Å². The first-order valence-corrected chi connectivity index (χ1v) is 8.83. The topological polar surface area (TPSA) is 64.6 Å². The smallest absolute Gasteiger partial charge is 0.338 e. The second-order valence-electron chi connectivity index (χ2n) is 5.66. The summed E-state index contributed by atoms with van der Waals surface area (Å²) in [5, 5.41) is 3.43. The number of halogens is 1. The molecule has 0 aliphatic rings. The van der Waals surface area contributed by atoms with Gasteiger partial charge in [0, 0.05) is 10.7 Å².